The first-order valence-corrected chi connectivity index (χ1v) is 8.65. The van der Waals surface area contributed by atoms with Crippen LogP contribution in [-0.4, -0.2) is 32.9 Å². The van der Waals surface area contributed by atoms with E-state index in [4.69, 9.17) is 0 Å². The molecule has 2 heterocycles. The summed E-state index contributed by atoms with van der Waals surface area (Å²) < 4.78 is 15.1. The molecule has 4 nitrogen and oxygen atoms in total. The predicted molar refractivity (Wildman–Crippen MR) is 91.0 cm³/mol. The summed E-state index contributed by atoms with van der Waals surface area (Å²) in [5.41, 5.74) is 0.871. The first kappa shape index (κ1) is 16.7. The van der Waals surface area contributed by atoms with Crippen LogP contribution in [0.15, 0.2) is 36.7 Å². The molecule has 1 aliphatic rings. The van der Waals surface area contributed by atoms with Gasteiger partial charge >= 0.3 is 0 Å². The Bertz CT molecular complexity index is 680. The summed E-state index contributed by atoms with van der Waals surface area (Å²) >= 11 is 0. The van der Waals surface area contributed by atoms with Crippen molar-refractivity contribution in [2.75, 3.05) is 6.54 Å². The summed E-state index contributed by atoms with van der Waals surface area (Å²) in [6, 6.07) is 6.51. The van der Waals surface area contributed by atoms with Gasteiger partial charge in [0.15, 0.2) is 0 Å². The minimum absolute atomic E-state index is 0.147. The van der Waals surface area contributed by atoms with Gasteiger partial charge < -0.3 is 9.47 Å². The van der Waals surface area contributed by atoms with Gasteiger partial charge in [-0.2, -0.15) is 0 Å². The Morgan fingerprint density at radius 3 is 2.79 bits per heavy atom. The van der Waals surface area contributed by atoms with Gasteiger partial charge in [-0.3, -0.25) is 4.79 Å². The first-order valence-electron chi connectivity index (χ1n) is 8.65. The lowest BCUT2D eigenvalue weighted by Crippen LogP contribution is -2.44. The lowest BCUT2D eigenvalue weighted by Gasteiger charge is -2.36. The van der Waals surface area contributed by atoms with E-state index in [9.17, 15) is 9.18 Å². The fourth-order valence-electron chi connectivity index (χ4n) is 3.44. The summed E-state index contributed by atoms with van der Waals surface area (Å²) in [5, 5.41) is 0. The highest BCUT2D eigenvalue weighted by molar-refractivity contribution is 5.79. The van der Waals surface area contributed by atoms with Crippen molar-refractivity contribution in [3.8, 4) is 0 Å². The number of piperidine rings is 1. The maximum Gasteiger partial charge on any atom is 0.227 e. The van der Waals surface area contributed by atoms with Crippen molar-refractivity contribution in [1.82, 2.24) is 14.5 Å². The molecule has 128 valence electrons. The summed E-state index contributed by atoms with van der Waals surface area (Å²) in [6.45, 7) is 3.71. The third-order valence-electron chi connectivity index (χ3n) is 4.84. The Morgan fingerprint density at radius 2 is 2.08 bits per heavy atom. The van der Waals surface area contributed by atoms with E-state index in [1.165, 1.54) is 18.6 Å². The van der Waals surface area contributed by atoms with E-state index in [1.807, 2.05) is 24.2 Å². The maximum absolute atomic E-state index is 13.0. The molecule has 1 fully saturated rings. The van der Waals surface area contributed by atoms with Gasteiger partial charge in [0.1, 0.15) is 11.6 Å². The minimum atomic E-state index is -0.266. The zero-order chi connectivity index (χ0) is 16.9. The number of hydrogen-bond acceptors (Lipinski definition) is 2. The number of hydrogen-bond donors (Lipinski definition) is 0. The highest BCUT2D eigenvalue weighted by Gasteiger charge is 2.26. The van der Waals surface area contributed by atoms with Crippen LogP contribution in [0.25, 0.3) is 0 Å². The predicted octanol–water partition coefficient (Wildman–Crippen LogP) is 3.34. The molecule has 3 rings (SSSR count). The topological polar surface area (TPSA) is 38.1 Å². The lowest BCUT2D eigenvalue weighted by atomic mass is 9.98. The van der Waals surface area contributed by atoms with E-state index in [0.717, 1.165) is 43.7 Å². The first-order chi connectivity index (χ1) is 11.6. The van der Waals surface area contributed by atoms with Crippen LogP contribution < -0.4 is 0 Å². The molecule has 0 bridgehead atoms. The van der Waals surface area contributed by atoms with E-state index >= 15 is 0 Å². The average molecular weight is 329 g/mol. The van der Waals surface area contributed by atoms with Gasteiger partial charge in [-0.15, -0.1) is 0 Å². The average Bonchev–Trinajstić information content (AvgIpc) is 3.00. The van der Waals surface area contributed by atoms with E-state index in [0.29, 0.717) is 6.42 Å². The van der Waals surface area contributed by atoms with E-state index in [2.05, 4.69) is 9.55 Å². The van der Waals surface area contributed by atoms with Crippen LogP contribution in [-0.2, 0) is 17.8 Å². The molecule has 0 N–H and O–H groups in total. The second kappa shape index (κ2) is 7.60. The molecule has 1 aromatic heterocycles. The Kier molecular flexibility index (Phi) is 5.28. The van der Waals surface area contributed by atoms with Crippen molar-refractivity contribution >= 4 is 5.91 Å². The Balaban J connectivity index is 1.61. The van der Waals surface area contributed by atoms with Crippen LogP contribution >= 0.6 is 0 Å². The normalized spacial score (nSPS) is 17.9. The van der Waals surface area contributed by atoms with Crippen LogP contribution in [0.2, 0.25) is 0 Å². The van der Waals surface area contributed by atoms with Gasteiger partial charge in [0.05, 0.1) is 6.42 Å². The summed E-state index contributed by atoms with van der Waals surface area (Å²) in [6.07, 6.45) is 8.40. The van der Waals surface area contributed by atoms with Crippen molar-refractivity contribution in [3.05, 3.63) is 53.9 Å². The number of benzene rings is 1. The number of carbonyl (C=O) groups is 1. The Hall–Kier alpha value is -2.17. The number of likely N-dealkylation sites (tertiary alicyclic amines) is 1. The van der Waals surface area contributed by atoms with Gasteiger partial charge in [-0.05, 0) is 50.3 Å². The number of imidazole rings is 1. The molecule has 1 aromatic carbocycles. The largest absolute Gasteiger partial charge is 0.339 e. The molecular weight excluding hydrogens is 305 g/mol. The van der Waals surface area contributed by atoms with Crippen molar-refractivity contribution in [1.29, 1.82) is 0 Å². The number of nitrogens with zero attached hydrogens (tertiary/aromatic N) is 3. The summed E-state index contributed by atoms with van der Waals surface area (Å²) in [5.74, 6) is 0.890. The standard InChI is InChI=1S/C19H24FN3O/c1-15-21-10-13-22(15)12-9-18-4-2-3-11-23(18)19(24)14-16-5-7-17(20)8-6-16/h5-8,10,13,18H,2-4,9,11-12,14H2,1H3/t18-/m1/s1. The van der Waals surface area contributed by atoms with Gasteiger partial charge in [0, 0.05) is 31.5 Å². The molecule has 0 spiro atoms. The van der Waals surface area contributed by atoms with Crippen LogP contribution in [0.3, 0.4) is 0 Å². The zero-order valence-electron chi connectivity index (χ0n) is 14.1. The number of halogens is 1. The summed E-state index contributed by atoms with van der Waals surface area (Å²) in [4.78, 5) is 19.0. The second-order valence-corrected chi connectivity index (χ2v) is 6.50. The molecule has 24 heavy (non-hydrogen) atoms. The van der Waals surface area contributed by atoms with Gasteiger partial charge in [-0.1, -0.05) is 12.1 Å². The van der Waals surface area contributed by atoms with Crippen molar-refractivity contribution in [2.45, 2.75) is 51.6 Å². The molecule has 1 amide bonds. The smallest absolute Gasteiger partial charge is 0.227 e. The van der Waals surface area contributed by atoms with E-state index < -0.39 is 0 Å². The number of aryl methyl sites for hydroxylation is 2. The molecular formula is C19H24FN3O. The molecule has 1 aliphatic heterocycles. The second-order valence-electron chi connectivity index (χ2n) is 6.50. The molecule has 2 aromatic rings. The lowest BCUT2D eigenvalue weighted by molar-refractivity contribution is -0.134. The number of carbonyl (C=O) groups excluding carboxylic acids is 1. The maximum atomic E-state index is 13.0. The fraction of sp³-hybridized carbons (Fsp3) is 0.474. The monoisotopic (exact) mass is 329 g/mol. The van der Waals surface area contributed by atoms with Crippen LogP contribution in [0.5, 0.6) is 0 Å². The SMILES string of the molecule is Cc1nccn1CC[C@H]1CCCCN1C(=O)Cc1ccc(F)cc1. The zero-order valence-corrected chi connectivity index (χ0v) is 14.1. The third kappa shape index (κ3) is 4.02. The quantitative estimate of drug-likeness (QED) is 0.844. The van der Waals surface area contributed by atoms with Gasteiger partial charge in [0.2, 0.25) is 5.91 Å². The third-order valence-corrected chi connectivity index (χ3v) is 4.84. The molecule has 0 aliphatic carbocycles. The molecule has 0 radical (unpaired) electrons. The number of aromatic nitrogens is 2. The van der Waals surface area contributed by atoms with Crippen molar-refractivity contribution < 1.29 is 9.18 Å². The van der Waals surface area contributed by atoms with Gasteiger partial charge in [0.25, 0.3) is 0 Å². The van der Waals surface area contributed by atoms with E-state index in [-0.39, 0.29) is 17.8 Å². The molecule has 1 saturated heterocycles. The van der Waals surface area contributed by atoms with Crippen LogP contribution in [0.4, 0.5) is 4.39 Å². The van der Waals surface area contributed by atoms with E-state index in [1.54, 1.807) is 12.1 Å². The molecule has 1 atom stereocenters. The fourth-order valence-corrected chi connectivity index (χ4v) is 3.44. The molecule has 0 unspecified atom stereocenters. The number of rotatable bonds is 5. The minimum Gasteiger partial charge on any atom is -0.339 e. The van der Waals surface area contributed by atoms with Crippen molar-refractivity contribution in [3.63, 3.8) is 0 Å². The Labute approximate surface area is 142 Å². The highest BCUT2D eigenvalue weighted by atomic mass is 19.1. The van der Waals surface area contributed by atoms with Crippen molar-refractivity contribution in [2.24, 2.45) is 0 Å². The van der Waals surface area contributed by atoms with Crippen LogP contribution in [0, 0.1) is 12.7 Å². The highest BCUT2D eigenvalue weighted by Crippen LogP contribution is 2.22. The Morgan fingerprint density at radius 1 is 1.29 bits per heavy atom. The number of amides is 1. The molecule has 0 saturated carbocycles. The van der Waals surface area contributed by atoms with Crippen LogP contribution in [0.1, 0.15) is 37.1 Å². The molecule has 5 heteroatoms. The summed E-state index contributed by atoms with van der Waals surface area (Å²) in [7, 11) is 0. The van der Waals surface area contributed by atoms with Gasteiger partial charge in [-0.25, -0.2) is 9.37 Å².